The van der Waals surface area contributed by atoms with Crippen LogP contribution < -0.4 is 10.2 Å². The molecule has 3 aromatic rings. The van der Waals surface area contributed by atoms with E-state index in [2.05, 4.69) is 10.4 Å². The van der Waals surface area contributed by atoms with E-state index in [9.17, 15) is 13.9 Å². The van der Waals surface area contributed by atoms with E-state index in [1.165, 1.54) is 12.1 Å². The Morgan fingerprint density at radius 1 is 1.19 bits per heavy atom. The highest BCUT2D eigenvalue weighted by Crippen LogP contribution is 2.37. The van der Waals surface area contributed by atoms with Gasteiger partial charge in [-0.2, -0.15) is 5.10 Å². The van der Waals surface area contributed by atoms with Gasteiger partial charge in [-0.25, -0.2) is 18.3 Å². The molecule has 2 saturated heterocycles. The summed E-state index contributed by atoms with van der Waals surface area (Å²) in [5, 5.41) is 17.8. The number of fused-ring (bicyclic) bond motifs is 1. The minimum atomic E-state index is -0.450. The maximum absolute atomic E-state index is 14.4. The molecule has 2 atom stereocenters. The summed E-state index contributed by atoms with van der Waals surface area (Å²) in [5.41, 5.74) is 1.59. The summed E-state index contributed by atoms with van der Waals surface area (Å²) in [7, 11) is 0. The van der Waals surface area contributed by atoms with Gasteiger partial charge in [0, 0.05) is 31.4 Å². The first kappa shape index (κ1) is 20.1. The van der Waals surface area contributed by atoms with E-state index in [1.807, 2.05) is 15.9 Å². The Bertz CT molecular complexity index is 1140. The third-order valence-corrected chi connectivity index (χ3v) is 6.27. The van der Waals surface area contributed by atoms with Crippen LogP contribution in [0.25, 0.3) is 5.65 Å². The van der Waals surface area contributed by atoms with Crippen molar-refractivity contribution in [1.29, 1.82) is 0 Å². The Labute approximate surface area is 183 Å². The summed E-state index contributed by atoms with van der Waals surface area (Å²) in [6.07, 6.45) is 5.34. The van der Waals surface area contributed by atoms with Crippen LogP contribution in [0.2, 0.25) is 0 Å². The van der Waals surface area contributed by atoms with E-state index in [0.29, 0.717) is 53.9 Å². The Kier molecular flexibility index (Phi) is 5.19. The first-order chi connectivity index (χ1) is 15.0. The molecule has 0 aliphatic carbocycles. The molecule has 7 nitrogen and oxygen atoms in total. The third kappa shape index (κ3) is 3.81. The van der Waals surface area contributed by atoms with Crippen molar-refractivity contribution in [3.8, 4) is 0 Å². The van der Waals surface area contributed by atoms with Gasteiger partial charge in [-0.1, -0.05) is 0 Å². The lowest BCUT2D eigenvalue weighted by molar-refractivity contribution is 0.188. The minimum absolute atomic E-state index is 0.280. The van der Waals surface area contributed by atoms with Gasteiger partial charge in [-0.3, -0.25) is 0 Å². The highest BCUT2D eigenvalue weighted by atomic mass is 32.1. The Morgan fingerprint density at radius 2 is 2.06 bits per heavy atom. The quantitative estimate of drug-likeness (QED) is 0.602. The van der Waals surface area contributed by atoms with Crippen molar-refractivity contribution >= 4 is 34.5 Å². The first-order valence-electron chi connectivity index (χ1n) is 10.3. The first-order valence-corrected chi connectivity index (χ1v) is 10.7. The summed E-state index contributed by atoms with van der Waals surface area (Å²) in [4.78, 5) is 8.68. The number of benzene rings is 1. The number of aromatic nitrogens is 3. The molecule has 2 N–H and O–H groups in total. The van der Waals surface area contributed by atoms with Gasteiger partial charge in [-0.05, 0) is 55.7 Å². The second kappa shape index (κ2) is 8.01. The fourth-order valence-corrected chi connectivity index (χ4v) is 4.64. The lowest BCUT2D eigenvalue weighted by Crippen LogP contribution is -2.33. The zero-order valence-electron chi connectivity index (χ0n) is 16.7. The van der Waals surface area contributed by atoms with Crippen LogP contribution >= 0.6 is 12.2 Å². The SMILES string of the molecule is O[C@H]1CCN(C(=S)Nc2cnn3ccc(N4CCC[C@@H]4c4cc(F)ccc4F)nc23)C1. The van der Waals surface area contributed by atoms with Gasteiger partial charge in [0.25, 0.3) is 0 Å². The Balaban J connectivity index is 1.43. The van der Waals surface area contributed by atoms with Crippen LogP contribution in [-0.2, 0) is 0 Å². The topological polar surface area (TPSA) is 68.9 Å². The standard InChI is InChI=1S/C21H22F2N6OS/c22-13-3-4-16(23)15(10-13)18-2-1-7-28(18)19-6-9-29-20(26-19)17(11-24-29)25-21(31)27-8-5-14(30)12-27/h3-4,6,9-11,14,18,30H,1-2,5,7-8,12H2,(H,25,31)/t14-,18+/m0/s1. The number of aliphatic hydroxyl groups is 1. The average Bonchev–Trinajstić information content (AvgIpc) is 3.49. The number of nitrogens with one attached hydrogen (secondary N) is 1. The number of halogens is 2. The van der Waals surface area contributed by atoms with Crippen LogP contribution in [0.3, 0.4) is 0 Å². The summed E-state index contributed by atoms with van der Waals surface area (Å²) in [6.45, 7) is 1.89. The predicted molar refractivity (Wildman–Crippen MR) is 117 cm³/mol. The molecule has 5 rings (SSSR count). The summed E-state index contributed by atoms with van der Waals surface area (Å²) < 4.78 is 29.8. The van der Waals surface area contributed by atoms with Crippen LogP contribution in [0.4, 0.5) is 20.3 Å². The predicted octanol–water partition coefficient (Wildman–Crippen LogP) is 3.11. The number of thiocarbonyl (C=S) groups is 1. The molecule has 2 fully saturated rings. The number of anilines is 2. The van der Waals surface area contributed by atoms with Gasteiger partial charge in [0.2, 0.25) is 0 Å². The van der Waals surface area contributed by atoms with E-state index in [1.54, 1.807) is 16.9 Å². The van der Waals surface area contributed by atoms with E-state index in [-0.39, 0.29) is 12.1 Å². The molecular weight excluding hydrogens is 422 g/mol. The fourth-order valence-electron chi connectivity index (χ4n) is 4.36. The maximum atomic E-state index is 14.4. The van der Waals surface area contributed by atoms with E-state index in [0.717, 1.165) is 18.9 Å². The van der Waals surface area contributed by atoms with Crippen LogP contribution in [0, 0.1) is 11.6 Å². The largest absolute Gasteiger partial charge is 0.391 e. The van der Waals surface area contributed by atoms with Crippen molar-refractivity contribution < 1.29 is 13.9 Å². The molecular formula is C21H22F2N6OS. The van der Waals surface area contributed by atoms with E-state index < -0.39 is 11.6 Å². The van der Waals surface area contributed by atoms with Crippen LogP contribution in [0.1, 0.15) is 30.9 Å². The van der Waals surface area contributed by atoms with Crippen molar-refractivity contribution in [2.75, 3.05) is 29.9 Å². The summed E-state index contributed by atoms with van der Waals surface area (Å²) >= 11 is 5.48. The molecule has 0 spiro atoms. The molecule has 162 valence electrons. The average molecular weight is 445 g/mol. The van der Waals surface area contributed by atoms with E-state index in [4.69, 9.17) is 17.2 Å². The van der Waals surface area contributed by atoms with Crippen molar-refractivity contribution in [1.82, 2.24) is 19.5 Å². The maximum Gasteiger partial charge on any atom is 0.180 e. The molecule has 1 aromatic carbocycles. The summed E-state index contributed by atoms with van der Waals surface area (Å²) in [6, 6.07) is 5.12. The molecule has 0 unspecified atom stereocenters. The lowest BCUT2D eigenvalue weighted by Gasteiger charge is -2.26. The molecule has 0 saturated carbocycles. The van der Waals surface area contributed by atoms with Crippen LogP contribution in [0.15, 0.2) is 36.7 Å². The van der Waals surface area contributed by atoms with Gasteiger partial charge in [0.1, 0.15) is 23.1 Å². The highest BCUT2D eigenvalue weighted by molar-refractivity contribution is 7.80. The molecule has 2 aliphatic rings. The van der Waals surface area contributed by atoms with Gasteiger partial charge < -0.3 is 20.2 Å². The molecule has 10 heteroatoms. The lowest BCUT2D eigenvalue weighted by atomic mass is 10.0. The molecule has 4 heterocycles. The highest BCUT2D eigenvalue weighted by Gasteiger charge is 2.30. The molecule has 2 aromatic heterocycles. The van der Waals surface area contributed by atoms with Gasteiger partial charge in [0.05, 0.1) is 18.3 Å². The van der Waals surface area contributed by atoms with Gasteiger partial charge in [0.15, 0.2) is 10.8 Å². The number of hydrogen-bond acceptors (Lipinski definition) is 5. The summed E-state index contributed by atoms with van der Waals surface area (Å²) in [5.74, 6) is -0.191. The second-order valence-corrected chi connectivity index (χ2v) is 8.33. The van der Waals surface area contributed by atoms with Crippen molar-refractivity contribution in [3.05, 3.63) is 53.9 Å². The van der Waals surface area contributed by atoms with Gasteiger partial charge in [-0.15, -0.1) is 0 Å². The van der Waals surface area contributed by atoms with Crippen LogP contribution in [-0.4, -0.2) is 55.5 Å². The van der Waals surface area contributed by atoms with Crippen molar-refractivity contribution in [2.45, 2.75) is 31.4 Å². The Hall–Kier alpha value is -2.85. The smallest absolute Gasteiger partial charge is 0.180 e. The zero-order valence-corrected chi connectivity index (χ0v) is 17.5. The fraction of sp³-hybridized carbons (Fsp3) is 0.381. The number of likely N-dealkylation sites (tertiary alicyclic amines) is 1. The normalized spacial score (nSPS) is 21.3. The molecule has 0 bridgehead atoms. The van der Waals surface area contributed by atoms with Gasteiger partial charge >= 0.3 is 0 Å². The van der Waals surface area contributed by atoms with Crippen molar-refractivity contribution in [2.24, 2.45) is 0 Å². The zero-order chi connectivity index (χ0) is 21.5. The number of β-amino-alcohol motifs (C(OH)–C–C–N with tert-alkyl or cyclic N) is 1. The Morgan fingerprint density at radius 3 is 2.87 bits per heavy atom. The van der Waals surface area contributed by atoms with Crippen LogP contribution in [0.5, 0.6) is 0 Å². The minimum Gasteiger partial charge on any atom is -0.391 e. The monoisotopic (exact) mass is 444 g/mol. The number of aliphatic hydroxyl groups excluding tert-OH is 1. The second-order valence-electron chi connectivity index (χ2n) is 7.95. The van der Waals surface area contributed by atoms with Crippen molar-refractivity contribution in [3.63, 3.8) is 0 Å². The van der Waals surface area contributed by atoms with E-state index >= 15 is 0 Å². The number of nitrogens with zero attached hydrogens (tertiary/aromatic N) is 5. The molecule has 0 radical (unpaired) electrons. The molecule has 2 aliphatic heterocycles. The number of hydrogen-bond donors (Lipinski definition) is 2. The molecule has 31 heavy (non-hydrogen) atoms. The third-order valence-electron chi connectivity index (χ3n) is 5.91. The molecule has 0 amide bonds. The number of rotatable bonds is 3.